The SMILES string of the molecule is CC(C)(C)n1cc(C(=O)NC(C(=O)O)C2CCCOC2)cn1. The van der Waals surface area contributed by atoms with E-state index in [9.17, 15) is 14.7 Å². The van der Waals surface area contributed by atoms with Crippen LogP contribution in [-0.2, 0) is 15.1 Å². The first kappa shape index (κ1) is 16.5. The smallest absolute Gasteiger partial charge is 0.326 e. The molecule has 1 aliphatic heterocycles. The lowest BCUT2D eigenvalue weighted by atomic mass is 9.93. The monoisotopic (exact) mass is 309 g/mol. The minimum atomic E-state index is -1.04. The van der Waals surface area contributed by atoms with Crippen molar-refractivity contribution in [1.29, 1.82) is 0 Å². The van der Waals surface area contributed by atoms with Crippen LogP contribution in [0, 0.1) is 5.92 Å². The molecule has 2 unspecified atom stereocenters. The normalized spacial score (nSPS) is 20.4. The highest BCUT2D eigenvalue weighted by Crippen LogP contribution is 2.19. The van der Waals surface area contributed by atoms with Crippen LogP contribution in [0.25, 0.3) is 0 Å². The van der Waals surface area contributed by atoms with E-state index in [1.54, 1.807) is 10.9 Å². The molecule has 0 spiro atoms. The number of hydrogen-bond acceptors (Lipinski definition) is 4. The van der Waals surface area contributed by atoms with Gasteiger partial charge in [-0.25, -0.2) is 4.79 Å². The lowest BCUT2D eigenvalue weighted by Gasteiger charge is -2.27. The highest BCUT2D eigenvalue weighted by Gasteiger charge is 2.32. The highest BCUT2D eigenvalue weighted by atomic mass is 16.5. The Morgan fingerprint density at radius 1 is 1.50 bits per heavy atom. The van der Waals surface area contributed by atoms with Crippen LogP contribution in [0.4, 0.5) is 0 Å². The summed E-state index contributed by atoms with van der Waals surface area (Å²) >= 11 is 0. The molecule has 0 aliphatic carbocycles. The van der Waals surface area contributed by atoms with Crippen LogP contribution >= 0.6 is 0 Å². The summed E-state index contributed by atoms with van der Waals surface area (Å²) in [6.45, 7) is 6.93. The fourth-order valence-corrected chi connectivity index (χ4v) is 2.44. The van der Waals surface area contributed by atoms with Crippen LogP contribution in [0.2, 0.25) is 0 Å². The molecule has 2 N–H and O–H groups in total. The Balaban J connectivity index is 2.07. The van der Waals surface area contributed by atoms with Gasteiger partial charge in [0.15, 0.2) is 0 Å². The minimum Gasteiger partial charge on any atom is -0.480 e. The van der Waals surface area contributed by atoms with Crippen LogP contribution < -0.4 is 5.32 Å². The summed E-state index contributed by atoms with van der Waals surface area (Å²) in [5.74, 6) is -1.66. The number of carboxylic acids is 1. The van der Waals surface area contributed by atoms with Gasteiger partial charge in [-0.15, -0.1) is 0 Å². The van der Waals surface area contributed by atoms with Crippen molar-refractivity contribution in [3.63, 3.8) is 0 Å². The van der Waals surface area contributed by atoms with Gasteiger partial charge < -0.3 is 15.2 Å². The predicted molar refractivity (Wildman–Crippen MR) is 79.7 cm³/mol. The second kappa shape index (κ2) is 6.48. The molecule has 1 aromatic heterocycles. The van der Waals surface area contributed by atoms with Gasteiger partial charge in [0, 0.05) is 18.7 Å². The molecular formula is C15H23N3O4. The fourth-order valence-electron chi connectivity index (χ4n) is 2.44. The molecule has 0 aromatic carbocycles. The molecule has 0 saturated carbocycles. The topological polar surface area (TPSA) is 93.5 Å². The zero-order valence-electron chi connectivity index (χ0n) is 13.2. The second-order valence-electron chi connectivity index (χ2n) is 6.61. The van der Waals surface area contributed by atoms with E-state index in [0.717, 1.165) is 12.8 Å². The van der Waals surface area contributed by atoms with Crippen molar-refractivity contribution < 1.29 is 19.4 Å². The first-order valence-electron chi connectivity index (χ1n) is 7.45. The van der Waals surface area contributed by atoms with E-state index in [1.807, 2.05) is 20.8 Å². The number of rotatable bonds is 4. The van der Waals surface area contributed by atoms with E-state index in [1.165, 1.54) is 6.20 Å². The molecule has 0 bridgehead atoms. The zero-order valence-corrected chi connectivity index (χ0v) is 13.2. The van der Waals surface area contributed by atoms with Crippen molar-refractivity contribution in [2.45, 2.75) is 45.2 Å². The van der Waals surface area contributed by atoms with Gasteiger partial charge in [0.1, 0.15) is 6.04 Å². The molecular weight excluding hydrogens is 286 g/mol. The predicted octanol–water partition coefficient (Wildman–Crippen LogP) is 1.25. The molecule has 2 rings (SSSR count). The molecule has 1 amide bonds. The van der Waals surface area contributed by atoms with Crippen molar-refractivity contribution in [1.82, 2.24) is 15.1 Å². The average molecular weight is 309 g/mol. The highest BCUT2D eigenvalue weighted by molar-refractivity contribution is 5.96. The maximum Gasteiger partial charge on any atom is 0.326 e. The number of ether oxygens (including phenoxy) is 1. The third kappa shape index (κ3) is 3.85. The number of carbonyl (C=O) groups excluding carboxylic acids is 1. The standard InChI is InChI=1S/C15H23N3O4/c1-15(2,3)18-8-11(7-16-18)13(19)17-12(14(20)21)10-5-4-6-22-9-10/h7-8,10,12H,4-6,9H2,1-3H3,(H,17,19)(H,20,21). The largest absolute Gasteiger partial charge is 0.480 e. The molecule has 7 nitrogen and oxygen atoms in total. The fraction of sp³-hybridized carbons (Fsp3) is 0.667. The average Bonchev–Trinajstić information content (AvgIpc) is 2.95. The van der Waals surface area contributed by atoms with E-state index < -0.39 is 17.9 Å². The number of nitrogens with one attached hydrogen (secondary N) is 1. The number of amides is 1. The van der Waals surface area contributed by atoms with Gasteiger partial charge in [-0.05, 0) is 33.6 Å². The summed E-state index contributed by atoms with van der Waals surface area (Å²) in [6, 6.07) is -0.939. The summed E-state index contributed by atoms with van der Waals surface area (Å²) in [4.78, 5) is 23.7. The van der Waals surface area contributed by atoms with Crippen molar-refractivity contribution in [2.24, 2.45) is 5.92 Å². The van der Waals surface area contributed by atoms with Crippen LogP contribution in [-0.4, -0.2) is 46.0 Å². The van der Waals surface area contributed by atoms with Gasteiger partial charge >= 0.3 is 5.97 Å². The molecule has 122 valence electrons. The minimum absolute atomic E-state index is 0.201. The molecule has 1 aromatic rings. The third-order valence-corrected chi connectivity index (χ3v) is 3.75. The number of aliphatic carboxylic acids is 1. The molecule has 1 saturated heterocycles. The van der Waals surface area contributed by atoms with E-state index in [4.69, 9.17) is 4.74 Å². The van der Waals surface area contributed by atoms with Crippen LogP contribution in [0.1, 0.15) is 44.0 Å². The lowest BCUT2D eigenvalue weighted by molar-refractivity contribution is -0.142. The van der Waals surface area contributed by atoms with Crippen LogP contribution in [0.15, 0.2) is 12.4 Å². The van der Waals surface area contributed by atoms with Crippen molar-refractivity contribution >= 4 is 11.9 Å². The molecule has 0 radical (unpaired) electrons. The van der Waals surface area contributed by atoms with Gasteiger partial charge in [-0.3, -0.25) is 9.48 Å². The van der Waals surface area contributed by atoms with E-state index in [0.29, 0.717) is 18.8 Å². The lowest BCUT2D eigenvalue weighted by Crippen LogP contribution is -2.48. The van der Waals surface area contributed by atoms with Crippen LogP contribution in [0.3, 0.4) is 0 Å². The van der Waals surface area contributed by atoms with E-state index >= 15 is 0 Å². The summed E-state index contributed by atoms with van der Waals surface area (Å²) in [5, 5.41) is 16.1. The van der Waals surface area contributed by atoms with E-state index in [2.05, 4.69) is 10.4 Å². The Kier molecular flexibility index (Phi) is 4.85. The second-order valence-corrected chi connectivity index (χ2v) is 6.61. The molecule has 2 heterocycles. The molecule has 1 aliphatic rings. The van der Waals surface area contributed by atoms with Gasteiger partial charge in [-0.1, -0.05) is 0 Å². The number of hydrogen-bond donors (Lipinski definition) is 2. The quantitative estimate of drug-likeness (QED) is 0.873. The van der Waals surface area contributed by atoms with Crippen molar-refractivity contribution in [2.75, 3.05) is 13.2 Å². The Hall–Kier alpha value is -1.89. The van der Waals surface area contributed by atoms with Crippen LogP contribution in [0.5, 0.6) is 0 Å². The maximum absolute atomic E-state index is 12.3. The maximum atomic E-state index is 12.3. The Bertz CT molecular complexity index is 541. The number of carboxylic acid groups (broad SMARTS) is 1. The van der Waals surface area contributed by atoms with Gasteiger partial charge in [-0.2, -0.15) is 5.10 Å². The van der Waals surface area contributed by atoms with Crippen molar-refractivity contribution in [3.05, 3.63) is 18.0 Å². The Morgan fingerprint density at radius 2 is 2.23 bits per heavy atom. The first-order valence-corrected chi connectivity index (χ1v) is 7.45. The summed E-state index contributed by atoms with van der Waals surface area (Å²) in [7, 11) is 0. The molecule has 2 atom stereocenters. The Morgan fingerprint density at radius 3 is 2.73 bits per heavy atom. The molecule has 7 heteroatoms. The number of carbonyl (C=O) groups is 2. The van der Waals surface area contributed by atoms with Gasteiger partial charge in [0.2, 0.25) is 0 Å². The first-order chi connectivity index (χ1) is 10.3. The van der Waals surface area contributed by atoms with Gasteiger partial charge in [0.05, 0.1) is 23.9 Å². The molecule has 1 fully saturated rings. The Labute approximate surface area is 129 Å². The summed E-state index contributed by atoms with van der Waals surface area (Å²) in [5.41, 5.74) is 0.125. The molecule has 22 heavy (non-hydrogen) atoms. The van der Waals surface area contributed by atoms with Crippen molar-refractivity contribution in [3.8, 4) is 0 Å². The summed E-state index contributed by atoms with van der Waals surface area (Å²) in [6.07, 6.45) is 4.63. The number of nitrogens with zero attached hydrogens (tertiary/aromatic N) is 2. The van der Waals surface area contributed by atoms with E-state index in [-0.39, 0.29) is 11.5 Å². The van der Waals surface area contributed by atoms with Gasteiger partial charge in [0.25, 0.3) is 5.91 Å². The summed E-state index contributed by atoms with van der Waals surface area (Å²) < 4.78 is 7.00. The third-order valence-electron chi connectivity index (χ3n) is 3.75. The zero-order chi connectivity index (χ0) is 16.3. The number of aromatic nitrogens is 2.